The Kier molecular flexibility index (Phi) is 9.47. The van der Waals surface area contributed by atoms with E-state index in [9.17, 15) is 12.8 Å². The monoisotopic (exact) mass is 437 g/mol. The van der Waals surface area contributed by atoms with Crippen LogP contribution in [0.25, 0.3) is 0 Å². The molecule has 0 unspecified atom stereocenters. The number of sulfone groups is 1. The van der Waals surface area contributed by atoms with E-state index < -0.39 is 9.84 Å². The first kappa shape index (κ1) is 23.2. The minimum atomic E-state index is -3.28. The first-order valence-electron chi connectivity index (χ1n) is 9.52. The van der Waals surface area contributed by atoms with Crippen molar-refractivity contribution in [3.63, 3.8) is 0 Å². The summed E-state index contributed by atoms with van der Waals surface area (Å²) >= 11 is 1.64. The number of hydrogen-bond acceptors (Lipinski definition) is 4. The van der Waals surface area contributed by atoms with E-state index in [4.69, 9.17) is 0 Å². The number of halogens is 1. The molecule has 2 aromatic rings. The van der Waals surface area contributed by atoms with Crippen LogP contribution in [-0.2, 0) is 22.1 Å². The Morgan fingerprint density at radius 2 is 1.86 bits per heavy atom. The Labute approximate surface area is 177 Å². The van der Waals surface area contributed by atoms with Gasteiger partial charge in [0.05, 0.1) is 17.2 Å². The van der Waals surface area contributed by atoms with Gasteiger partial charge in [0.1, 0.15) is 5.82 Å². The highest BCUT2D eigenvalue weighted by Gasteiger charge is 2.13. The molecule has 8 heteroatoms. The van der Waals surface area contributed by atoms with Crippen LogP contribution in [-0.4, -0.2) is 39.5 Å². The van der Waals surface area contributed by atoms with Crippen molar-refractivity contribution in [3.05, 3.63) is 65.5 Å². The predicted octanol–water partition coefficient (Wildman–Crippen LogP) is 3.61. The molecule has 0 fully saturated rings. The smallest absolute Gasteiger partial charge is 0.191 e. The third-order valence-corrected chi connectivity index (χ3v) is 6.62. The van der Waals surface area contributed by atoms with Crippen LogP contribution in [0.2, 0.25) is 0 Å². The van der Waals surface area contributed by atoms with Crippen molar-refractivity contribution in [2.45, 2.75) is 30.5 Å². The van der Waals surface area contributed by atoms with E-state index in [1.165, 1.54) is 6.07 Å². The summed E-state index contributed by atoms with van der Waals surface area (Å²) in [7, 11) is -3.28. The number of hydrogen-bond donors (Lipinski definition) is 2. The van der Waals surface area contributed by atoms with Crippen molar-refractivity contribution < 1.29 is 12.8 Å². The van der Waals surface area contributed by atoms with Gasteiger partial charge in [0, 0.05) is 18.8 Å². The summed E-state index contributed by atoms with van der Waals surface area (Å²) < 4.78 is 38.2. The van der Waals surface area contributed by atoms with Gasteiger partial charge in [0.25, 0.3) is 0 Å². The van der Waals surface area contributed by atoms with Gasteiger partial charge in [-0.1, -0.05) is 24.3 Å². The van der Waals surface area contributed by atoms with Crippen LogP contribution in [0.4, 0.5) is 4.39 Å². The molecule has 29 heavy (non-hydrogen) atoms. The van der Waals surface area contributed by atoms with Gasteiger partial charge >= 0.3 is 0 Å². The third kappa shape index (κ3) is 7.70. The Morgan fingerprint density at radius 3 is 2.55 bits per heavy atom. The Morgan fingerprint density at radius 1 is 1.10 bits per heavy atom. The summed E-state index contributed by atoms with van der Waals surface area (Å²) in [6.07, 6.45) is 2.45. The fourth-order valence-electron chi connectivity index (χ4n) is 2.76. The second-order valence-corrected chi connectivity index (χ2v) is 9.43. The molecular formula is C21H28FN3O2S2. The van der Waals surface area contributed by atoms with Gasteiger partial charge in [-0.25, -0.2) is 17.8 Å². The van der Waals surface area contributed by atoms with Crippen LogP contribution in [0, 0.1) is 5.82 Å². The first-order chi connectivity index (χ1) is 14.0. The second kappa shape index (κ2) is 11.8. The summed E-state index contributed by atoms with van der Waals surface area (Å²) in [5.74, 6) is 1.17. The van der Waals surface area contributed by atoms with Gasteiger partial charge in [0.15, 0.2) is 15.8 Å². The number of nitrogens with zero attached hydrogens (tertiary/aromatic N) is 1. The summed E-state index contributed by atoms with van der Waals surface area (Å²) in [4.78, 5) is 4.91. The summed E-state index contributed by atoms with van der Waals surface area (Å²) in [5, 5.41) is 6.33. The second-order valence-electron chi connectivity index (χ2n) is 6.45. The van der Waals surface area contributed by atoms with E-state index in [1.807, 2.05) is 13.2 Å². The van der Waals surface area contributed by atoms with Gasteiger partial charge < -0.3 is 10.6 Å². The maximum Gasteiger partial charge on any atom is 0.191 e. The van der Waals surface area contributed by atoms with Crippen molar-refractivity contribution in [1.29, 1.82) is 0 Å². The van der Waals surface area contributed by atoms with Crippen LogP contribution in [0.15, 0.2) is 58.4 Å². The van der Waals surface area contributed by atoms with Crippen molar-refractivity contribution in [2.75, 3.05) is 25.1 Å². The van der Waals surface area contributed by atoms with Gasteiger partial charge in [-0.15, -0.1) is 0 Å². The normalized spacial score (nSPS) is 12.0. The molecule has 0 amide bonds. The minimum Gasteiger partial charge on any atom is -0.357 e. The Hall–Kier alpha value is -2.06. The molecule has 0 atom stereocenters. The lowest BCUT2D eigenvalue weighted by Crippen LogP contribution is -2.38. The zero-order valence-electron chi connectivity index (χ0n) is 16.8. The quantitative estimate of drug-likeness (QED) is 0.338. The molecule has 0 spiro atoms. The molecular weight excluding hydrogens is 409 g/mol. The van der Waals surface area contributed by atoms with E-state index in [-0.39, 0.29) is 11.6 Å². The molecule has 0 aliphatic carbocycles. The van der Waals surface area contributed by atoms with Crippen LogP contribution in [0.1, 0.15) is 24.5 Å². The van der Waals surface area contributed by atoms with Gasteiger partial charge in [-0.05, 0) is 55.0 Å². The highest BCUT2D eigenvalue weighted by molar-refractivity contribution is 7.97. The Bertz CT molecular complexity index is 903. The van der Waals surface area contributed by atoms with Crippen molar-refractivity contribution >= 4 is 27.6 Å². The number of thioether (sulfide) groups is 1. The van der Waals surface area contributed by atoms with Gasteiger partial charge in [0.2, 0.25) is 0 Å². The maximum absolute atomic E-state index is 13.5. The summed E-state index contributed by atoms with van der Waals surface area (Å²) in [5.41, 5.74) is 1.91. The highest BCUT2D eigenvalue weighted by atomic mass is 32.2. The van der Waals surface area contributed by atoms with E-state index in [0.717, 1.165) is 16.9 Å². The molecule has 158 valence electrons. The van der Waals surface area contributed by atoms with Crippen LogP contribution in [0.3, 0.4) is 0 Å². The van der Waals surface area contributed by atoms with Gasteiger partial charge in [-0.3, -0.25) is 0 Å². The average Bonchev–Trinajstić information content (AvgIpc) is 2.71. The van der Waals surface area contributed by atoms with Crippen LogP contribution in [0.5, 0.6) is 0 Å². The van der Waals surface area contributed by atoms with Crippen molar-refractivity contribution in [2.24, 2.45) is 4.99 Å². The van der Waals surface area contributed by atoms with E-state index >= 15 is 0 Å². The molecule has 0 saturated carbocycles. The first-order valence-corrected chi connectivity index (χ1v) is 12.6. The molecule has 0 radical (unpaired) electrons. The molecule has 0 bridgehead atoms. The molecule has 0 heterocycles. The fraction of sp³-hybridized carbons (Fsp3) is 0.381. The number of aliphatic imine (C=N–C) groups is 1. The molecule has 0 aromatic heterocycles. The standard InChI is InChI=1S/C21H28FN3O2S2/c1-3-23-21(25-15-17-10-11-19(22)14-18(17)16-28-2)24-12-7-13-29(26,27)20-8-5-4-6-9-20/h4-6,8-11,14H,3,7,12-13,15-16H2,1-2H3,(H2,23,24,25). The lowest BCUT2D eigenvalue weighted by atomic mass is 10.1. The number of nitrogens with one attached hydrogen (secondary N) is 2. The zero-order chi connectivity index (χ0) is 21.1. The molecule has 0 aliphatic rings. The topological polar surface area (TPSA) is 70.6 Å². The molecule has 2 rings (SSSR count). The largest absolute Gasteiger partial charge is 0.357 e. The highest BCUT2D eigenvalue weighted by Crippen LogP contribution is 2.17. The van der Waals surface area contributed by atoms with E-state index in [2.05, 4.69) is 15.6 Å². The molecule has 2 N–H and O–H groups in total. The minimum absolute atomic E-state index is 0.0687. The Balaban J connectivity index is 1.93. The van der Waals surface area contributed by atoms with Gasteiger partial charge in [-0.2, -0.15) is 11.8 Å². The van der Waals surface area contributed by atoms with Crippen molar-refractivity contribution in [3.8, 4) is 0 Å². The van der Waals surface area contributed by atoms with Crippen LogP contribution >= 0.6 is 11.8 Å². The van der Waals surface area contributed by atoms with E-state index in [0.29, 0.717) is 36.9 Å². The SMILES string of the molecule is CCNC(=NCc1ccc(F)cc1CSC)NCCCS(=O)(=O)c1ccccc1. The maximum atomic E-state index is 13.5. The third-order valence-electron chi connectivity index (χ3n) is 4.20. The van der Waals surface area contributed by atoms with Crippen LogP contribution < -0.4 is 10.6 Å². The molecule has 0 aliphatic heterocycles. The lowest BCUT2D eigenvalue weighted by molar-refractivity contribution is 0.592. The average molecular weight is 438 g/mol. The zero-order valence-corrected chi connectivity index (χ0v) is 18.5. The molecule has 5 nitrogen and oxygen atoms in total. The number of guanidine groups is 1. The number of rotatable bonds is 10. The van der Waals surface area contributed by atoms with E-state index in [1.54, 1.807) is 54.2 Å². The fourth-order valence-corrected chi connectivity index (χ4v) is 4.67. The predicted molar refractivity (Wildman–Crippen MR) is 120 cm³/mol. The lowest BCUT2D eigenvalue weighted by Gasteiger charge is -2.12. The van der Waals surface area contributed by atoms with Crippen molar-refractivity contribution in [1.82, 2.24) is 10.6 Å². The molecule has 0 saturated heterocycles. The molecule has 2 aromatic carbocycles. The number of benzene rings is 2. The summed E-state index contributed by atoms with van der Waals surface area (Å²) in [6.45, 7) is 3.57. The summed E-state index contributed by atoms with van der Waals surface area (Å²) in [6, 6.07) is 13.2.